The molecule has 0 aliphatic carbocycles. The molecule has 0 bridgehead atoms. The maximum absolute atomic E-state index is 6.17. The largest absolute Gasteiger partial charge is 0.398 e. The van der Waals surface area contributed by atoms with Crippen LogP contribution in [-0.4, -0.2) is 9.38 Å². The molecule has 0 aliphatic rings. The lowest BCUT2D eigenvalue weighted by Crippen LogP contribution is -1.93. The molecule has 0 radical (unpaired) electrons. The molecule has 2 aromatic heterocycles. The minimum Gasteiger partial charge on any atom is -0.398 e. The van der Waals surface area contributed by atoms with Crippen LogP contribution in [0, 0.1) is 0 Å². The van der Waals surface area contributed by atoms with Crippen LogP contribution in [0.5, 0.6) is 0 Å². The molecule has 0 spiro atoms. The summed E-state index contributed by atoms with van der Waals surface area (Å²) in [6.45, 7) is 0. The van der Waals surface area contributed by atoms with Gasteiger partial charge in [-0.25, -0.2) is 4.98 Å². The van der Waals surface area contributed by atoms with E-state index in [1.807, 2.05) is 47.0 Å². The monoisotopic (exact) mass is 243 g/mol. The van der Waals surface area contributed by atoms with E-state index in [2.05, 4.69) is 4.98 Å². The molecule has 3 nitrogen and oxygen atoms in total. The Kier molecular flexibility index (Phi) is 2.27. The van der Waals surface area contributed by atoms with Gasteiger partial charge >= 0.3 is 0 Å². The zero-order chi connectivity index (χ0) is 11.8. The van der Waals surface area contributed by atoms with Crippen LogP contribution in [0.1, 0.15) is 0 Å². The van der Waals surface area contributed by atoms with Crippen molar-refractivity contribution < 1.29 is 0 Å². The molecule has 0 fully saturated rings. The Hall–Kier alpha value is -2.00. The normalized spacial score (nSPS) is 10.9. The van der Waals surface area contributed by atoms with Crippen LogP contribution in [0.2, 0.25) is 5.02 Å². The number of pyridine rings is 1. The highest BCUT2D eigenvalue weighted by molar-refractivity contribution is 6.33. The summed E-state index contributed by atoms with van der Waals surface area (Å²) in [4.78, 5) is 4.39. The Labute approximate surface area is 103 Å². The van der Waals surface area contributed by atoms with E-state index < -0.39 is 0 Å². The van der Waals surface area contributed by atoms with E-state index in [1.165, 1.54) is 0 Å². The van der Waals surface area contributed by atoms with Crippen molar-refractivity contribution in [2.45, 2.75) is 0 Å². The molecule has 2 N–H and O–H groups in total. The molecule has 0 saturated carbocycles. The number of hydrogen-bond donors (Lipinski definition) is 1. The van der Waals surface area contributed by atoms with Gasteiger partial charge in [-0.1, -0.05) is 23.7 Å². The maximum Gasteiger partial charge on any atom is 0.146 e. The number of anilines is 1. The van der Waals surface area contributed by atoms with Crippen LogP contribution < -0.4 is 5.73 Å². The number of nitrogen functional groups attached to an aromatic ring is 1. The maximum atomic E-state index is 6.17. The molecule has 0 saturated heterocycles. The van der Waals surface area contributed by atoms with E-state index in [0.29, 0.717) is 10.7 Å². The fraction of sp³-hybridized carbons (Fsp3) is 0. The van der Waals surface area contributed by atoms with Gasteiger partial charge in [-0.3, -0.25) is 4.40 Å². The first kappa shape index (κ1) is 10.2. The van der Waals surface area contributed by atoms with Crippen molar-refractivity contribution in [3.05, 3.63) is 53.8 Å². The quantitative estimate of drug-likeness (QED) is 0.713. The van der Waals surface area contributed by atoms with Gasteiger partial charge < -0.3 is 5.73 Å². The van der Waals surface area contributed by atoms with Crippen molar-refractivity contribution in [2.24, 2.45) is 0 Å². The number of nitrogens with two attached hydrogens (primary N) is 1. The lowest BCUT2D eigenvalue weighted by atomic mass is 10.2. The van der Waals surface area contributed by atoms with E-state index in [-0.39, 0.29) is 0 Å². The Morgan fingerprint density at radius 3 is 2.76 bits per heavy atom. The smallest absolute Gasteiger partial charge is 0.146 e. The average Bonchev–Trinajstić information content (AvgIpc) is 2.72. The third kappa shape index (κ3) is 1.65. The Bertz CT molecular complexity index is 688. The zero-order valence-corrected chi connectivity index (χ0v) is 9.72. The van der Waals surface area contributed by atoms with Crippen molar-refractivity contribution in [1.82, 2.24) is 9.38 Å². The Morgan fingerprint density at radius 2 is 1.94 bits per heavy atom. The summed E-state index contributed by atoms with van der Waals surface area (Å²) in [7, 11) is 0. The van der Waals surface area contributed by atoms with Crippen molar-refractivity contribution in [1.29, 1.82) is 0 Å². The summed E-state index contributed by atoms with van der Waals surface area (Å²) in [5.41, 5.74) is 8.38. The zero-order valence-electron chi connectivity index (χ0n) is 8.97. The van der Waals surface area contributed by atoms with Crippen molar-refractivity contribution in [3.8, 4) is 11.4 Å². The number of hydrogen-bond acceptors (Lipinski definition) is 2. The second-order valence-electron chi connectivity index (χ2n) is 3.82. The fourth-order valence-electron chi connectivity index (χ4n) is 1.85. The summed E-state index contributed by atoms with van der Waals surface area (Å²) < 4.78 is 1.94. The standard InChI is InChI=1S/C13H10ClN3/c14-12-4-2-1-3-11(12)13-16-7-10-6-5-9(15)8-17(10)13/h1-8H,15H2. The summed E-state index contributed by atoms with van der Waals surface area (Å²) in [5.74, 6) is 0.804. The lowest BCUT2D eigenvalue weighted by Gasteiger charge is -2.04. The molecule has 0 atom stereocenters. The first-order valence-electron chi connectivity index (χ1n) is 5.23. The number of rotatable bonds is 1. The van der Waals surface area contributed by atoms with Gasteiger partial charge in [0, 0.05) is 17.4 Å². The predicted octanol–water partition coefficient (Wildman–Crippen LogP) is 3.24. The van der Waals surface area contributed by atoms with Gasteiger partial charge in [0.05, 0.1) is 16.7 Å². The minimum atomic E-state index is 0.683. The molecule has 3 rings (SSSR count). The summed E-state index contributed by atoms with van der Waals surface area (Å²) >= 11 is 6.17. The van der Waals surface area contributed by atoms with Crippen LogP contribution in [0.15, 0.2) is 48.8 Å². The topological polar surface area (TPSA) is 43.3 Å². The van der Waals surface area contributed by atoms with Gasteiger partial charge in [0.2, 0.25) is 0 Å². The molecule has 1 aromatic carbocycles. The highest BCUT2D eigenvalue weighted by Crippen LogP contribution is 2.27. The lowest BCUT2D eigenvalue weighted by molar-refractivity contribution is 1.17. The average molecular weight is 244 g/mol. The van der Waals surface area contributed by atoms with E-state index in [0.717, 1.165) is 16.9 Å². The molecular formula is C13H10ClN3. The molecular weight excluding hydrogens is 234 g/mol. The van der Waals surface area contributed by atoms with Gasteiger partial charge in [-0.2, -0.15) is 0 Å². The van der Waals surface area contributed by atoms with Crippen LogP contribution in [0.3, 0.4) is 0 Å². The number of fused-ring (bicyclic) bond motifs is 1. The molecule has 0 unspecified atom stereocenters. The molecule has 0 amide bonds. The molecule has 84 valence electrons. The van der Waals surface area contributed by atoms with Crippen molar-refractivity contribution in [3.63, 3.8) is 0 Å². The SMILES string of the molecule is Nc1ccc2cnc(-c3ccccc3Cl)n2c1. The fourth-order valence-corrected chi connectivity index (χ4v) is 2.07. The highest BCUT2D eigenvalue weighted by Gasteiger charge is 2.09. The summed E-state index contributed by atoms with van der Waals surface area (Å²) in [6, 6.07) is 11.4. The van der Waals surface area contributed by atoms with Gasteiger partial charge in [-0.15, -0.1) is 0 Å². The van der Waals surface area contributed by atoms with Crippen LogP contribution >= 0.6 is 11.6 Å². The van der Waals surface area contributed by atoms with Crippen LogP contribution in [0.4, 0.5) is 5.69 Å². The number of aromatic nitrogens is 2. The summed E-state index contributed by atoms with van der Waals surface area (Å²) in [6.07, 6.45) is 3.65. The number of halogens is 1. The minimum absolute atomic E-state index is 0.683. The van der Waals surface area contributed by atoms with E-state index in [4.69, 9.17) is 17.3 Å². The number of nitrogens with zero attached hydrogens (tertiary/aromatic N) is 2. The molecule has 0 aliphatic heterocycles. The Balaban J connectivity index is 2.31. The number of benzene rings is 1. The van der Waals surface area contributed by atoms with Gasteiger partial charge in [0.25, 0.3) is 0 Å². The first-order chi connectivity index (χ1) is 8.25. The van der Waals surface area contributed by atoms with E-state index in [1.54, 1.807) is 6.20 Å². The van der Waals surface area contributed by atoms with Crippen molar-refractivity contribution in [2.75, 3.05) is 5.73 Å². The second kappa shape index (κ2) is 3.79. The second-order valence-corrected chi connectivity index (χ2v) is 4.23. The number of imidazole rings is 1. The summed E-state index contributed by atoms with van der Waals surface area (Å²) in [5, 5.41) is 0.683. The van der Waals surface area contributed by atoms with E-state index in [9.17, 15) is 0 Å². The highest BCUT2D eigenvalue weighted by atomic mass is 35.5. The van der Waals surface area contributed by atoms with Gasteiger partial charge in [0.1, 0.15) is 5.82 Å². The molecule has 4 heteroatoms. The predicted molar refractivity (Wildman–Crippen MR) is 70.1 cm³/mol. The van der Waals surface area contributed by atoms with Crippen molar-refractivity contribution >= 4 is 22.8 Å². The van der Waals surface area contributed by atoms with Gasteiger partial charge in [0.15, 0.2) is 0 Å². The molecule has 17 heavy (non-hydrogen) atoms. The third-order valence-corrected chi connectivity index (χ3v) is 2.99. The van der Waals surface area contributed by atoms with E-state index >= 15 is 0 Å². The van der Waals surface area contributed by atoms with Crippen LogP contribution in [-0.2, 0) is 0 Å². The molecule has 3 aromatic rings. The third-order valence-electron chi connectivity index (χ3n) is 2.66. The Morgan fingerprint density at radius 1 is 1.12 bits per heavy atom. The van der Waals surface area contributed by atoms with Gasteiger partial charge in [-0.05, 0) is 24.3 Å². The molecule has 2 heterocycles. The first-order valence-corrected chi connectivity index (χ1v) is 5.61. The van der Waals surface area contributed by atoms with Crippen LogP contribution in [0.25, 0.3) is 16.9 Å².